The van der Waals surface area contributed by atoms with Crippen molar-refractivity contribution < 1.29 is 4.74 Å². The van der Waals surface area contributed by atoms with Gasteiger partial charge in [-0.05, 0) is 80.8 Å². The molecule has 1 N–H and O–H groups in total. The Bertz CT molecular complexity index is 437. The lowest BCUT2D eigenvalue weighted by Crippen LogP contribution is -2.47. The smallest absolute Gasteiger partial charge is 0.0619 e. The first-order chi connectivity index (χ1) is 9.31. The molecular formula is C17H26INO. The molecule has 1 aromatic carbocycles. The topological polar surface area (TPSA) is 21.3 Å². The average Bonchev–Trinajstić information content (AvgIpc) is 2.71. The summed E-state index contributed by atoms with van der Waals surface area (Å²) in [5, 5.41) is 3.69. The van der Waals surface area contributed by atoms with E-state index in [9.17, 15) is 0 Å². The minimum absolute atomic E-state index is 0.154. The van der Waals surface area contributed by atoms with Crippen LogP contribution in [0, 0.1) is 8.99 Å². The molecule has 2 rings (SSSR count). The molecular weight excluding hydrogens is 361 g/mol. The molecule has 0 aromatic heterocycles. The quantitative estimate of drug-likeness (QED) is 0.789. The molecule has 112 valence electrons. The van der Waals surface area contributed by atoms with Gasteiger partial charge in [-0.3, -0.25) is 0 Å². The Kier molecular flexibility index (Phi) is 5.14. The van der Waals surface area contributed by atoms with Crippen molar-refractivity contribution in [2.45, 2.75) is 52.2 Å². The monoisotopic (exact) mass is 387 g/mol. The zero-order valence-corrected chi connectivity index (χ0v) is 15.2. The van der Waals surface area contributed by atoms with Crippen molar-refractivity contribution in [1.29, 1.82) is 0 Å². The fourth-order valence-electron chi connectivity index (χ4n) is 2.80. The Morgan fingerprint density at radius 2 is 1.95 bits per heavy atom. The van der Waals surface area contributed by atoms with Gasteiger partial charge in [0.25, 0.3) is 0 Å². The third-order valence-corrected chi connectivity index (χ3v) is 4.99. The minimum Gasteiger partial charge on any atom is -0.378 e. The summed E-state index contributed by atoms with van der Waals surface area (Å²) in [5.41, 5.74) is 1.79. The molecule has 1 fully saturated rings. The van der Waals surface area contributed by atoms with Crippen LogP contribution in [0.5, 0.6) is 0 Å². The average molecular weight is 387 g/mol. The highest BCUT2D eigenvalue weighted by Gasteiger charge is 2.41. The molecule has 2 atom stereocenters. The Hall–Kier alpha value is -0.130. The van der Waals surface area contributed by atoms with Crippen LogP contribution in [0.15, 0.2) is 24.3 Å². The third-order valence-electron chi connectivity index (χ3n) is 4.27. The fraction of sp³-hybridized carbons (Fsp3) is 0.647. The molecule has 0 amide bonds. The molecule has 1 heterocycles. The number of rotatable bonds is 4. The second-order valence-electron chi connectivity index (χ2n) is 7.03. The first-order valence-corrected chi connectivity index (χ1v) is 8.50. The molecule has 0 bridgehead atoms. The van der Waals surface area contributed by atoms with Crippen molar-refractivity contribution >= 4 is 22.6 Å². The maximum Gasteiger partial charge on any atom is 0.0619 e. The Morgan fingerprint density at radius 3 is 2.45 bits per heavy atom. The molecule has 0 aliphatic carbocycles. The van der Waals surface area contributed by atoms with Crippen LogP contribution < -0.4 is 5.32 Å². The number of ether oxygens (including phenoxy) is 1. The van der Waals surface area contributed by atoms with E-state index in [4.69, 9.17) is 4.74 Å². The van der Waals surface area contributed by atoms with E-state index in [0.29, 0.717) is 6.10 Å². The summed E-state index contributed by atoms with van der Waals surface area (Å²) in [4.78, 5) is 0. The van der Waals surface area contributed by atoms with Crippen LogP contribution in [0.4, 0.5) is 0 Å². The van der Waals surface area contributed by atoms with Crippen molar-refractivity contribution in [3.05, 3.63) is 33.4 Å². The lowest BCUT2D eigenvalue weighted by Gasteiger charge is -2.36. The van der Waals surface area contributed by atoms with Gasteiger partial charge in [0.15, 0.2) is 0 Å². The van der Waals surface area contributed by atoms with Crippen molar-refractivity contribution in [1.82, 2.24) is 5.32 Å². The zero-order chi connectivity index (χ0) is 14.8. The van der Waals surface area contributed by atoms with Crippen molar-refractivity contribution in [2.24, 2.45) is 5.41 Å². The van der Waals surface area contributed by atoms with Gasteiger partial charge in [-0.15, -0.1) is 0 Å². The highest BCUT2D eigenvalue weighted by molar-refractivity contribution is 14.1. The maximum absolute atomic E-state index is 5.89. The molecule has 0 saturated carbocycles. The SMILES string of the molecule is CC1OCCC1(CNC(C)(C)C)Cc1ccc(I)cc1. The summed E-state index contributed by atoms with van der Waals surface area (Å²) in [7, 11) is 0. The van der Waals surface area contributed by atoms with Gasteiger partial charge >= 0.3 is 0 Å². The van der Waals surface area contributed by atoms with Gasteiger partial charge in [-0.25, -0.2) is 0 Å². The summed E-state index contributed by atoms with van der Waals surface area (Å²) in [6, 6.07) is 8.90. The van der Waals surface area contributed by atoms with Crippen molar-refractivity contribution in [2.75, 3.05) is 13.2 Å². The first-order valence-electron chi connectivity index (χ1n) is 7.42. The summed E-state index contributed by atoms with van der Waals surface area (Å²) >= 11 is 2.36. The van der Waals surface area contributed by atoms with Crippen LogP contribution in [0.25, 0.3) is 0 Å². The number of hydrogen-bond acceptors (Lipinski definition) is 2. The van der Waals surface area contributed by atoms with E-state index < -0.39 is 0 Å². The van der Waals surface area contributed by atoms with Gasteiger partial charge in [0, 0.05) is 27.7 Å². The van der Waals surface area contributed by atoms with Gasteiger partial charge in [-0.1, -0.05) is 12.1 Å². The van der Waals surface area contributed by atoms with Crippen LogP contribution in [-0.4, -0.2) is 24.8 Å². The largest absolute Gasteiger partial charge is 0.378 e. The summed E-state index contributed by atoms with van der Waals surface area (Å²) < 4.78 is 7.18. The number of hydrogen-bond donors (Lipinski definition) is 1. The summed E-state index contributed by atoms with van der Waals surface area (Å²) in [6.45, 7) is 10.8. The van der Waals surface area contributed by atoms with Gasteiger partial charge < -0.3 is 10.1 Å². The van der Waals surface area contributed by atoms with E-state index in [1.807, 2.05) is 0 Å². The van der Waals surface area contributed by atoms with Crippen LogP contribution in [0.2, 0.25) is 0 Å². The summed E-state index contributed by atoms with van der Waals surface area (Å²) in [6.07, 6.45) is 2.55. The van der Waals surface area contributed by atoms with Gasteiger partial charge in [-0.2, -0.15) is 0 Å². The molecule has 1 aliphatic rings. The van der Waals surface area contributed by atoms with Gasteiger partial charge in [0.2, 0.25) is 0 Å². The van der Waals surface area contributed by atoms with Crippen LogP contribution >= 0.6 is 22.6 Å². The van der Waals surface area contributed by atoms with Crippen molar-refractivity contribution in [3.8, 4) is 0 Å². The number of halogens is 1. The Balaban J connectivity index is 2.13. The Morgan fingerprint density at radius 1 is 1.30 bits per heavy atom. The standard InChI is InChI=1S/C17H26INO/c1-13-17(9-10-20-13,12-19-16(2,3)4)11-14-5-7-15(18)8-6-14/h5-8,13,19H,9-12H2,1-4H3. The molecule has 1 aliphatic heterocycles. The Labute approximate surface area is 136 Å². The molecule has 20 heavy (non-hydrogen) atoms. The van der Waals surface area contributed by atoms with Gasteiger partial charge in [0.05, 0.1) is 6.10 Å². The van der Waals surface area contributed by atoms with Gasteiger partial charge in [0.1, 0.15) is 0 Å². The first kappa shape index (κ1) is 16.2. The molecule has 1 aromatic rings. The second-order valence-corrected chi connectivity index (χ2v) is 8.28. The van der Waals surface area contributed by atoms with E-state index >= 15 is 0 Å². The third kappa shape index (κ3) is 4.18. The zero-order valence-electron chi connectivity index (χ0n) is 13.0. The molecule has 0 radical (unpaired) electrons. The number of benzene rings is 1. The molecule has 2 nitrogen and oxygen atoms in total. The van der Waals surface area contributed by atoms with E-state index in [0.717, 1.165) is 26.0 Å². The number of nitrogens with one attached hydrogen (secondary N) is 1. The van der Waals surface area contributed by atoms with Crippen LogP contribution in [-0.2, 0) is 11.2 Å². The van der Waals surface area contributed by atoms with Crippen LogP contribution in [0.1, 0.15) is 39.7 Å². The lowest BCUT2D eigenvalue weighted by molar-refractivity contribution is 0.0598. The fourth-order valence-corrected chi connectivity index (χ4v) is 3.16. The van der Waals surface area contributed by atoms with E-state index in [1.165, 1.54) is 9.13 Å². The van der Waals surface area contributed by atoms with Crippen LogP contribution in [0.3, 0.4) is 0 Å². The minimum atomic E-state index is 0.154. The normalized spacial score (nSPS) is 26.9. The molecule has 0 spiro atoms. The molecule has 3 heteroatoms. The lowest BCUT2D eigenvalue weighted by atomic mass is 9.75. The molecule has 1 saturated heterocycles. The predicted molar refractivity (Wildman–Crippen MR) is 93.1 cm³/mol. The van der Waals surface area contributed by atoms with E-state index in [2.05, 4.69) is 79.9 Å². The highest BCUT2D eigenvalue weighted by atomic mass is 127. The van der Waals surface area contributed by atoms with E-state index in [1.54, 1.807) is 0 Å². The highest BCUT2D eigenvalue weighted by Crippen LogP contribution is 2.38. The maximum atomic E-state index is 5.89. The predicted octanol–water partition coefficient (Wildman–Crippen LogP) is 4.02. The summed E-state index contributed by atoms with van der Waals surface area (Å²) in [5.74, 6) is 0. The molecule has 2 unspecified atom stereocenters. The second kappa shape index (κ2) is 6.32. The van der Waals surface area contributed by atoms with E-state index in [-0.39, 0.29) is 11.0 Å². The van der Waals surface area contributed by atoms with Crippen molar-refractivity contribution in [3.63, 3.8) is 0 Å².